The van der Waals surface area contributed by atoms with Crippen LogP contribution in [0.4, 0.5) is 0 Å². The van der Waals surface area contributed by atoms with Gasteiger partial charge >= 0.3 is 0 Å². The first-order valence-corrected chi connectivity index (χ1v) is 6.40. The molecule has 6 heteroatoms. The molecule has 3 amide bonds. The van der Waals surface area contributed by atoms with E-state index in [9.17, 15) is 14.4 Å². The van der Waals surface area contributed by atoms with Crippen molar-refractivity contribution in [1.82, 2.24) is 5.32 Å². The molecule has 0 fully saturated rings. The fraction of sp³-hybridized carbons (Fsp3) is 0.357. The summed E-state index contributed by atoms with van der Waals surface area (Å²) in [7, 11) is 0. The third kappa shape index (κ3) is 5.99. The second-order valence-corrected chi connectivity index (χ2v) is 4.51. The van der Waals surface area contributed by atoms with E-state index in [1.165, 1.54) is 0 Å². The maximum Gasteiger partial charge on any atom is 0.240 e. The first kappa shape index (κ1) is 15.7. The van der Waals surface area contributed by atoms with Crippen LogP contribution in [0.1, 0.15) is 24.8 Å². The SMILES string of the molecule is NC(=O)CCC(NC(=O)CCc1ccccc1)C(N)=O. The van der Waals surface area contributed by atoms with Crippen molar-refractivity contribution in [2.75, 3.05) is 0 Å². The molecule has 0 saturated carbocycles. The Morgan fingerprint density at radius 2 is 1.70 bits per heavy atom. The number of primary amides is 2. The molecule has 0 aromatic heterocycles. The van der Waals surface area contributed by atoms with Gasteiger partial charge in [-0.05, 0) is 18.4 Å². The highest BCUT2D eigenvalue weighted by molar-refractivity contribution is 5.87. The van der Waals surface area contributed by atoms with Crippen LogP contribution in [0.2, 0.25) is 0 Å². The number of hydrogen-bond donors (Lipinski definition) is 3. The molecule has 5 N–H and O–H groups in total. The molecule has 0 bridgehead atoms. The molecule has 0 aliphatic carbocycles. The Morgan fingerprint density at radius 3 is 2.25 bits per heavy atom. The maximum absolute atomic E-state index is 11.7. The first-order valence-electron chi connectivity index (χ1n) is 6.40. The van der Waals surface area contributed by atoms with Gasteiger partial charge in [-0.3, -0.25) is 14.4 Å². The lowest BCUT2D eigenvalue weighted by molar-refractivity contribution is -0.128. The Hall–Kier alpha value is -2.37. The first-order chi connectivity index (χ1) is 9.49. The number of aryl methyl sites for hydroxylation is 1. The van der Waals surface area contributed by atoms with Crippen LogP contribution in [0.15, 0.2) is 30.3 Å². The van der Waals surface area contributed by atoms with Gasteiger partial charge in [0.15, 0.2) is 0 Å². The molecular formula is C14H19N3O3. The molecule has 108 valence electrons. The van der Waals surface area contributed by atoms with Crippen molar-refractivity contribution in [1.29, 1.82) is 0 Å². The summed E-state index contributed by atoms with van der Waals surface area (Å²) in [5.41, 5.74) is 11.2. The van der Waals surface area contributed by atoms with E-state index in [0.29, 0.717) is 6.42 Å². The summed E-state index contributed by atoms with van der Waals surface area (Å²) in [6, 6.07) is 8.68. The average Bonchev–Trinajstić information content (AvgIpc) is 2.41. The van der Waals surface area contributed by atoms with Gasteiger partial charge in [0, 0.05) is 12.8 Å². The molecule has 6 nitrogen and oxygen atoms in total. The van der Waals surface area contributed by atoms with Gasteiger partial charge in [-0.2, -0.15) is 0 Å². The van der Waals surface area contributed by atoms with Crippen molar-refractivity contribution in [3.8, 4) is 0 Å². The van der Waals surface area contributed by atoms with Crippen LogP contribution in [-0.4, -0.2) is 23.8 Å². The van der Waals surface area contributed by atoms with Gasteiger partial charge in [0.1, 0.15) is 6.04 Å². The lowest BCUT2D eigenvalue weighted by Gasteiger charge is -2.14. The summed E-state index contributed by atoms with van der Waals surface area (Å²) in [5.74, 6) is -1.48. The second-order valence-electron chi connectivity index (χ2n) is 4.51. The predicted molar refractivity (Wildman–Crippen MR) is 74.3 cm³/mol. The molecule has 1 unspecified atom stereocenters. The van der Waals surface area contributed by atoms with E-state index < -0.39 is 17.9 Å². The molecule has 0 heterocycles. The highest BCUT2D eigenvalue weighted by Crippen LogP contribution is 2.03. The van der Waals surface area contributed by atoms with E-state index in [2.05, 4.69) is 5.32 Å². The number of carbonyl (C=O) groups excluding carboxylic acids is 3. The predicted octanol–water partition coefficient (Wildman–Crippen LogP) is -0.145. The van der Waals surface area contributed by atoms with E-state index in [4.69, 9.17) is 11.5 Å². The van der Waals surface area contributed by atoms with E-state index in [1.54, 1.807) is 0 Å². The fourth-order valence-electron chi connectivity index (χ4n) is 1.74. The zero-order chi connectivity index (χ0) is 15.0. The normalized spacial score (nSPS) is 11.6. The van der Waals surface area contributed by atoms with Crippen molar-refractivity contribution >= 4 is 17.7 Å². The zero-order valence-corrected chi connectivity index (χ0v) is 11.2. The van der Waals surface area contributed by atoms with Crippen LogP contribution in [0.5, 0.6) is 0 Å². The van der Waals surface area contributed by atoms with E-state index in [1.807, 2.05) is 30.3 Å². The Balaban J connectivity index is 2.41. The largest absolute Gasteiger partial charge is 0.370 e. The Labute approximate surface area is 117 Å². The number of rotatable bonds is 8. The van der Waals surface area contributed by atoms with Gasteiger partial charge in [-0.15, -0.1) is 0 Å². The molecule has 0 aliphatic rings. The molecule has 1 aromatic rings. The summed E-state index contributed by atoms with van der Waals surface area (Å²) >= 11 is 0. The van der Waals surface area contributed by atoms with Crippen LogP contribution < -0.4 is 16.8 Å². The van der Waals surface area contributed by atoms with Gasteiger partial charge in [0.2, 0.25) is 17.7 Å². The van der Waals surface area contributed by atoms with Gasteiger partial charge in [0.05, 0.1) is 0 Å². The molecule has 1 atom stereocenters. The van der Waals surface area contributed by atoms with Crippen LogP contribution in [0.3, 0.4) is 0 Å². The smallest absolute Gasteiger partial charge is 0.240 e. The minimum atomic E-state index is -0.856. The molecule has 0 aliphatic heterocycles. The number of carbonyl (C=O) groups is 3. The summed E-state index contributed by atoms with van der Waals surface area (Å²) in [6.45, 7) is 0. The molecule has 0 saturated heterocycles. The van der Waals surface area contributed by atoms with Crippen molar-refractivity contribution in [2.45, 2.75) is 31.7 Å². The summed E-state index contributed by atoms with van der Waals surface area (Å²) in [5, 5.41) is 2.52. The Morgan fingerprint density at radius 1 is 1.05 bits per heavy atom. The number of benzene rings is 1. The van der Waals surface area contributed by atoms with E-state index in [0.717, 1.165) is 5.56 Å². The van der Waals surface area contributed by atoms with Crippen LogP contribution in [-0.2, 0) is 20.8 Å². The third-order valence-electron chi connectivity index (χ3n) is 2.84. The summed E-state index contributed by atoms with van der Waals surface area (Å²) < 4.78 is 0. The summed E-state index contributed by atoms with van der Waals surface area (Å²) in [6.07, 6.45) is 0.965. The van der Waals surface area contributed by atoms with Crippen molar-refractivity contribution in [3.63, 3.8) is 0 Å². The van der Waals surface area contributed by atoms with Crippen molar-refractivity contribution < 1.29 is 14.4 Å². The van der Waals surface area contributed by atoms with Crippen molar-refractivity contribution in [3.05, 3.63) is 35.9 Å². The molecule has 1 aromatic carbocycles. The molecule has 1 rings (SSSR count). The quantitative estimate of drug-likeness (QED) is 0.614. The summed E-state index contributed by atoms with van der Waals surface area (Å²) in [4.78, 5) is 33.6. The highest BCUT2D eigenvalue weighted by atomic mass is 16.2. The minimum Gasteiger partial charge on any atom is -0.370 e. The second kappa shape index (κ2) is 7.93. The van der Waals surface area contributed by atoms with Crippen LogP contribution in [0, 0.1) is 0 Å². The topological polar surface area (TPSA) is 115 Å². The Kier molecular flexibility index (Phi) is 6.22. The van der Waals surface area contributed by atoms with E-state index in [-0.39, 0.29) is 25.2 Å². The Bertz CT molecular complexity index is 474. The number of amides is 3. The molecule has 20 heavy (non-hydrogen) atoms. The minimum absolute atomic E-state index is 0.00652. The standard InChI is InChI=1S/C14H19N3O3/c15-12(18)8-7-11(14(16)20)17-13(19)9-6-10-4-2-1-3-5-10/h1-5,11H,6-9H2,(H2,15,18)(H2,16,20)(H,17,19). The van der Waals surface area contributed by atoms with Crippen LogP contribution >= 0.6 is 0 Å². The fourth-order valence-corrected chi connectivity index (χ4v) is 1.74. The molecule has 0 radical (unpaired) electrons. The van der Waals surface area contributed by atoms with Gasteiger partial charge in [0.25, 0.3) is 0 Å². The van der Waals surface area contributed by atoms with Crippen LogP contribution in [0.25, 0.3) is 0 Å². The van der Waals surface area contributed by atoms with Gasteiger partial charge in [-0.25, -0.2) is 0 Å². The molecule has 0 spiro atoms. The third-order valence-corrected chi connectivity index (χ3v) is 2.84. The monoisotopic (exact) mass is 277 g/mol. The van der Waals surface area contributed by atoms with E-state index >= 15 is 0 Å². The molecular weight excluding hydrogens is 258 g/mol. The van der Waals surface area contributed by atoms with Gasteiger partial charge < -0.3 is 16.8 Å². The lowest BCUT2D eigenvalue weighted by Crippen LogP contribution is -2.45. The lowest BCUT2D eigenvalue weighted by atomic mass is 10.1. The van der Waals surface area contributed by atoms with Crippen molar-refractivity contribution in [2.24, 2.45) is 11.5 Å². The number of nitrogens with two attached hydrogens (primary N) is 2. The number of nitrogens with one attached hydrogen (secondary N) is 1. The highest BCUT2D eigenvalue weighted by Gasteiger charge is 2.18. The average molecular weight is 277 g/mol. The van der Waals surface area contributed by atoms with Gasteiger partial charge in [-0.1, -0.05) is 30.3 Å². The number of hydrogen-bond acceptors (Lipinski definition) is 3. The zero-order valence-electron chi connectivity index (χ0n) is 11.2. The maximum atomic E-state index is 11.7.